The Kier molecular flexibility index (Phi) is 11.3. The molecule has 244 valence electrons. The molecule has 0 amide bonds. The van der Waals surface area contributed by atoms with Crippen LogP contribution in [0.4, 0.5) is 35.1 Å². The van der Waals surface area contributed by atoms with Crippen molar-refractivity contribution in [1.82, 2.24) is 0 Å². The average molecular weight is 647 g/mol. The van der Waals surface area contributed by atoms with E-state index >= 15 is 22.0 Å². The van der Waals surface area contributed by atoms with Gasteiger partial charge in [0, 0.05) is 5.39 Å². The van der Waals surface area contributed by atoms with E-state index in [0.29, 0.717) is 12.0 Å². The van der Waals surface area contributed by atoms with Crippen LogP contribution >= 0.6 is 0 Å². The Hall–Kier alpha value is -2.36. The van der Waals surface area contributed by atoms with Crippen molar-refractivity contribution in [3.63, 3.8) is 0 Å². The molecule has 3 aromatic carbocycles. The van der Waals surface area contributed by atoms with Crippen molar-refractivity contribution in [3.8, 4) is 5.75 Å². The molecule has 1 fully saturated rings. The monoisotopic (exact) mass is 646 g/mol. The molecule has 1 nitrogen and oxygen atoms in total. The van der Waals surface area contributed by atoms with Crippen molar-refractivity contribution < 1.29 is 39.5 Å². The van der Waals surface area contributed by atoms with Crippen LogP contribution in [-0.4, -0.2) is 8.32 Å². The smallest absolute Gasteiger partial charge is 0.257 e. The second-order valence-corrected chi connectivity index (χ2v) is 17.4. The molecular weight excluding hydrogens is 604 g/mol. The third-order valence-corrected chi connectivity index (χ3v) is 15.5. The number of unbranched alkanes of at least 4 members (excludes halogenated alkanes) is 3. The van der Waals surface area contributed by atoms with Crippen LogP contribution in [0.25, 0.3) is 21.5 Å². The maximum atomic E-state index is 16.2. The lowest BCUT2D eigenvalue weighted by Gasteiger charge is -2.44. The van der Waals surface area contributed by atoms with Crippen LogP contribution in [0.15, 0.2) is 6.07 Å². The van der Waals surface area contributed by atoms with E-state index in [2.05, 4.69) is 13.8 Å². The molecule has 0 saturated heterocycles. The molecule has 44 heavy (non-hydrogen) atoms. The molecule has 1 saturated carbocycles. The molecule has 0 aliphatic heterocycles. The van der Waals surface area contributed by atoms with Gasteiger partial charge in [-0.3, -0.25) is 0 Å². The number of hydrogen-bond acceptors (Lipinski definition) is 1. The van der Waals surface area contributed by atoms with Crippen LogP contribution in [0.1, 0.15) is 105 Å². The van der Waals surface area contributed by atoms with Crippen LogP contribution in [0.5, 0.6) is 5.75 Å². The Balaban J connectivity index is 1.87. The molecule has 2 atom stereocenters. The first-order valence-electron chi connectivity index (χ1n) is 16.0. The summed E-state index contributed by atoms with van der Waals surface area (Å²) < 4.78 is 128. The quantitative estimate of drug-likeness (QED) is 0.0448. The fraction of sp³-hybridized carbons (Fsp3) is 0.588. The SMILES string of the molecule is CCCCCCC(CC)CC[Si](Oc1c(F)c(F)c2c(F)c3c(F)c(F)c(F)cc3c(F)c2c1F)(C(C)C)C1CCCCC1. The molecule has 1 aliphatic carbocycles. The second kappa shape index (κ2) is 14.4. The van der Waals surface area contributed by atoms with Crippen LogP contribution in [0.3, 0.4) is 0 Å². The number of fused-ring (bicyclic) bond motifs is 2. The van der Waals surface area contributed by atoms with E-state index < -0.39 is 82.1 Å². The normalized spacial score (nSPS) is 16.7. The van der Waals surface area contributed by atoms with E-state index in [4.69, 9.17) is 4.43 Å². The molecule has 0 N–H and O–H groups in total. The van der Waals surface area contributed by atoms with Crippen molar-refractivity contribution in [2.24, 2.45) is 5.92 Å². The maximum Gasteiger partial charge on any atom is 0.257 e. The third-order valence-electron chi connectivity index (χ3n) is 9.89. The van der Waals surface area contributed by atoms with E-state index in [1.54, 1.807) is 0 Å². The summed E-state index contributed by atoms with van der Waals surface area (Å²) in [6, 6.07) is 0.734. The van der Waals surface area contributed by atoms with Gasteiger partial charge < -0.3 is 4.43 Å². The highest BCUT2D eigenvalue weighted by Crippen LogP contribution is 2.49. The topological polar surface area (TPSA) is 9.23 Å². The van der Waals surface area contributed by atoms with Crippen molar-refractivity contribution in [3.05, 3.63) is 52.6 Å². The summed E-state index contributed by atoms with van der Waals surface area (Å²) in [6.07, 6.45) is 11.6. The fourth-order valence-corrected chi connectivity index (χ4v) is 12.5. The highest BCUT2D eigenvalue weighted by Gasteiger charge is 2.49. The van der Waals surface area contributed by atoms with E-state index in [1.165, 1.54) is 0 Å². The molecule has 4 rings (SSSR count). The molecule has 0 spiro atoms. The maximum absolute atomic E-state index is 16.2. The first kappa shape index (κ1) is 34.5. The zero-order valence-electron chi connectivity index (χ0n) is 25.9. The standard InChI is InChI=1S/C34H42F8OSi/c1-5-7-8-10-13-20(6-2)16-17-44(19(3)4,21-14-11-9-12-15-21)43-34-32(41)25-26(31(40)33(34)42)29(38)24-22(27(25)36)18-23(35)28(37)30(24)39/h18-21H,5-17H2,1-4H3. The van der Waals surface area contributed by atoms with Gasteiger partial charge in [-0.25, -0.2) is 30.7 Å². The number of hydrogen-bond donors (Lipinski definition) is 0. The average Bonchev–Trinajstić information content (AvgIpc) is 3.01. The number of halogens is 8. The summed E-state index contributed by atoms with van der Waals surface area (Å²) >= 11 is 0. The zero-order valence-corrected chi connectivity index (χ0v) is 26.9. The lowest BCUT2D eigenvalue weighted by Crippen LogP contribution is -2.50. The molecular formula is C34H42F8OSi. The van der Waals surface area contributed by atoms with E-state index in [9.17, 15) is 13.2 Å². The number of rotatable bonds is 13. The fourth-order valence-electron chi connectivity index (χ4n) is 7.22. The summed E-state index contributed by atoms with van der Waals surface area (Å²) in [6.45, 7) is 8.13. The van der Waals surface area contributed by atoms with E-state index in [1.807, 2.05) is 13.8 Å². The summed E-state index contributed by atoms with van der Waals surface area (Å²) in [5.74, 6) is -16.0. The Bertz CT molecular complexity index is 1490. The van der Waals surface area contributed by atoms with Gasteiger partial charge in [-0.15, -0.1) is 0 Å². The summed E-state index contributed by atoms with van der Waals surface area (Å²) in [5.41, 5.74) is -0.138. The van der Waals surface area contributed by atoms with Crippen molar-refractivity contribution in [1.29, 1.82) is 0 Å². The van der Waals surface area contributed by atoms with Gasteiger partial charge in [-0.1, -0.05) is 85.5 Å². The minimum Gasteiger partial charge on any atom is -0.539 e. The third kappa shape index (κ3) is 6.34. The zero-order chi connectivity index (χ0) is 32.3. The molecule has 2 unspecified atom stereocenters. The van der Waals surface area contributed by atoms with Gasteiger partial charge in [-0.05, 0) is 48.4 Å². The Morgan fingerprint density at radius 1 is 0.705 bits per heavy atom. The van der Waals surface area contributed by atoms with E-state index in [0.717, 1.165) is 77.0 Å². The molecule has 0 radical (unpaired) electrons. The highest BCUT2D eigenvalue weighted by molar-refractivity contribution is 6.77. The van der Waals surface area contributed by atoms with Gasteiger partial charge in [0.05, 0.1) is 16.2 Å². The predicted octanol–water partition coefficient (Wildman–Crippen LogP) is 12.6. The Morgan fingerprint density at radius 3 is 1.95 bits per heavy atom. The first-order chi connectivity index (χ1) is 20.9. The summed E-state index contributed by atoms with van der Waals surface area (Å²) in [4.78, 5) is 0. The van der Waals surface area contributed by atoms with Gasteiger partial charge in [-0.2, -0.15) is 4.39 Å². The van der Waals surface area contributed by atoms with E-state index in [-0.39, 0.29) is 17.1 Å². The first-order valence-corrected chi connectivity index (χ1v) is 18.3. The predicted molar refractivity (Wildman–Crippen MR) is 161 cm³/mol. The van der Waals surface area contributed by atoms with Crippen LogP contribution < -0.4 is 4.43 Å². The minimum atomic E-state index is -3.16. The van der Waals surface area contributed by atoms with Crippen LogP contribution in [0.2, 0.25) is 17.1 Å². The summed E-state index contributed by atoms with van der Waals surface area (Å²) in [5, 5.41) is -5.41. The number of benzene rings is 3. The molecule has 0 bridgehead atoms. The summed E-state index contributed by atoms with van der Waals surface area (Å²) in [7, 11) is -3.16. The Labute approximate surface area is 255 Å². The van der Waals surface area contributed by atoms with Gasteiger partial charge in [0.25, 0.3) is 8.32 Å². The van der Waals surface area contributed by atoms with Crippen molar-refractivity contribution in [2.75, 3.05) is 0 Å². The lowest BCUT2D eigenvalue weighted by molar-refractivity contribution is 0.365. The Morgan fingerprint density at radius 2 is 1.34 bits per heavy atom. The molecule has 1 aliphatic rings. The molecule has 10 heteroatoms. The van der Waals surface area contributed by atoms with Gasteiger partial charge >= 0.3 is 0 Å². The molecule has 0 aromatic heterocycles. The van der Waals surface area contributed by atoms with Crippen LogP contribution in [0, 0.1) is 52.5 Å². The minimum absolute atomic E-state index is 0.00996. The van der Waals surface area contributed by atoms with Crippen molar-refractivity contribution in [2.45, 2.75) is 122 Å². The van der Waals surface area contributed by atoms with Gasteiger partial charge in [0.2, 0.25) is 5.82 Å². The van der Waals surface area contributed by atoms with Crippen molar-refractivity contribution >= 4 is 29.9 Å². The highest BCUT2D eigenvalue weighted by atomic mass is 28.4. The lowest BCUT2D eigenvalue weighted by atomic mass is 9.96. The largest absolute Gasteiger partial charge is 0.539 e. The molecule has 0 heterocycles. The van der Waals surface area contributed by atoms with Crippen LogP contribution in [-0.2, 0) is 0 Å². The van der Waals surface area contributed by atoms with Gasteiger partial charge in [0.15, 0.2) is 34.8 Å². The second-order valence-electron chi connectivity index (χ2n) is 12.8. The van der Waals surface area contributed by atoms with Gasteiger partial charge in [0.1, 0.15) is 11.6 Å². The molecule has 3 aromatic rings.